The molecule has 0 spiro atoms. The van der Waals surface area contributed by atoms with Gasteiger partial charge in [0.25, 0.3) is 0 Å². The molecule has 0 aliphatic carbocycles. The Morgan fingerprint density at radius 1 is 0.337 bits per heavy atom. The predicted molar refractivity (Wildman–Crippen MR) is 366 cm³/mol. The molecule has 2 atom stereocenters. The Balaban J connectivity index is 3.40. The highest BCUT2D eigenvalue weighted by molar-refractivity contribution is 5.76. The zero-order chi connectivity index (χ0) is 59.9. The monoisotopic (exact) mass is 1170 g/mol. The maximum Gasteiger partial charge on any atom is 0.305 e. The fourth-order valence-corrected chi connectivity index (χ4v) is 11.9. The van der Waals surface area contributed by atoms with E-state index in [2.05, 4.69) is 43.5 Å². The van der Waals surface area contributed by atoms with Crippen molar-refractivity contribution in [2.45, 2.75) is 431 Å². The number of nitrogens with one attached hydrogen (secondary N) is 1. The summed E-state index contributed by atoms with van der Waals surface area (Å²) in [6.07, 6.45) is 93.8. The Labute approximate surface area is 519 Å². The van der Waals surface area contributed by atoms with Crippen molar-refractivity contribution in [2.24, 2.45) is 0 Å². The van der Waals surface area contributed by atoms with E-state index in [0.29, 0.717) is 19.4 Å². The van der Waals surface area contributed by atoms with Crippen LogP contribution in [-0.2, 0) is 14.3 Å². The molecule has 490 valence electrons. The van der Waals surface area contributed by atoms with Crippen molar-refractivity contribution in [3.63, 3.8) is 0 Å². The van der Waals surface area contributed by atoms with Crippen molar-refractivity contribution < 1.29 is 24.5 Å². The summed E-state index contributed by atoms with van der Waals surface area (Å²) in [5, 5.41) is 23.3. The number of carbonyl (C=O) groups is 2. The van der Waals surface area contributed by atoms with Crippen molar-refractivity contribution in [1.29, 1.82) is 0 Å². The summed E-state index contributed by atoms with van der Waals surface area (Å²) in [4.78, 5) is 24.7. The number of esters is 1. The van der Waals surface area contributed by atoms with Gasteiger partial charge in [0.05, 0.1) is 25.4 Å². The quantitative estimate of drug-likeness (QED) is 0.0320. The first-order valence-electron chi connectivity index (χ1n) is 37.8. The van der Waals surface area contributed by atoms with Gasteiger partial charge < -0.3 is 20.3 Å². The highest BCUT2D eigenvalue weighted by Gasteiger charge is 2.18. The second-order valence-corrected chi connectivity index (χ2v) is 26.0. The minimum atomic E-state index is -0.846. The second kappa shape index (κ2) is 72.6. The lowest BCUT2D eigenvalue weighted by Gasteiger charge is -2.20. The van der Waals surface area contributed by atoms with Crippen LogP contribution in [0.4, 0.5) is 0 Å². The van der Waals surface area contributed by atoms with Crippen LogP contribution in [-0.4, -0.2) is 47.4 Å². The molecule has 0 bridgehead atoms. The lowest BCUT2D eigenvalue weighted by molar-refractivity contribution is -0.143. The number of ether oxygens (including phenoxy) is 1. The molecular weight excluding hydrogens is 1020 g/mol. The zero-order valence-corrected chi connectivity index (χ0v) is 56.2. The van der Waals surface area contributed by atoms with Gasteiger partial charge in [-0.2, -0.15) is 0 Å². The Hall–Kier alpha value is -1.92. The molecule has 0 aliphatic rings. The van der Waals surface area contributed by atoms with Crippen molar-refractivity contribution in [3.8, 4) is 0 Å². The molecule has 3 N–H and O–H groups in total. The summed E-state index contributed by atoms with van der Waals surface area (Å²) in [6.45, 7) is 4.93. The first-order valence-corrected chi connectivity index (χ1v) is 37.8. The van der Waals surface area contributed by atoms with Gasteiger partial charge in [-0.25, -0.2) is 0 Å². The molecule has 0 radical (unpaired) electrons. The third kappa shape index (κ3) is 69.1. The maximum atomic E-state index is 12.6. The summed E-state index contributed by atoms with van der Waals surface area (Å²) in [6, 6.07) is -0.630. The van der Waals surface area contributed by atoms with E-state index in [1.54, 1.807) is 6.08 Å². The average molecular weight is 1170 g/mol. The van der Waals surface area contributed by atoms with Crippen LogP contribution < -0.4 is 5.32 Å². The minimum Gasteiger partial charge on any atom is -0.466 e. The van der Waals surface area contributed by atoms with Gasteiger partial charge in [-0.15, -0.1) is 0 Å². The molecule has 0 saturated heterocycles. The lowest BCUT2D eigenvalue weighted by Crippen LogP contribution is -2.45. The highest BCUT2D eigenvalue weighted by Crippen LogP contribution is 2.19. The van der Waals surface area contributed by atoms with E-state index in [4.69, 9.17) is 4.74 Å². The van der Waals surface area contributed by atoms with Crippen LogP contribution in [0.15, 0.2) is 36.5 Å². The number of unbranched alkanes of at least 4 members (excludes halogenated alkanes) is 56. The van der Waals surface area contributed by atoms with Gasteiger partial charge in [-0.1, -0.05) is 378 Å². The Kier molecular flexibility index (Phi) is 70.9. The van der Waals surface area contributed by atoms with E-state index in [0.717, 1.165) is 51.4 Å². The number of aliphatic hydroxyl groups is 2. The van der Waals surface area contributed by atoms with E-state index in [9.17, 15) is 19.8 Å². The Morgan fingerprint density at radius 2 is 0.602 bits per heavy atom. The number of rotatable bonds is 71. The van der Waals surface area contributed by atoms with Crippen molar-refractivity contribution in [2.75, 3.05) is 13.2 Å². The number of hydrogen-bond donors (Lipinski definition) is 3. The third-order valence-electron chi connectivity index (χ3n) is 17.7. The van der Waals surface area contributed by atoms with Crippen LogP contribution in [0.25, 0.3) is 0 Å². The molecule has 0 aromatic carbocycles. The van der Waals surface area contributed by atoms with E-state index in [1.165, 1.54) is 340 Å². The third-order valence-corrected chi connectivity index (χ3v) is 17.7. The Morgan fingerprint density at radius 3 is 0.928 bits per heavy atom. The molecule has 6 heteroatoms. The fourth-order valence-electron chi connectivity index (χ4n) is 11.9. The average Bonchev–Trinajstić information content (AvgIpc) is 3.49. The number of allylic oxidation sites excluding steroid dienone is 5. The lowest BCUT2D eigenvalue weighted by atomic mass is 10.0. The largest absolute Gasteiger partial charge is 0.466 e. The Bertz CT molecular complexity index is 1340. The van der Waals surface area contributed by atoms with Gasteiger partial charge in [0.1, 0.15) is 0 Å². The zero-order valence-electron chi connectivity index (χ0n) is 56.2. The van der Waals surface area contributed by atoms with Gasteiger partial charge >= 0.3 is 5.97 Å². The standard InChI is InChI=1S/C77H147NO5/c1-3-5-7-9-11-13-15-17-19-21-23-24-25-26-28-31-34-37-41-45-49-53-57-61-65-69-75(80)74(73-79)78-76(81)70-66-62-58-54-50-46-42-38-35-32-29-27-30-33-36-40-44-48-52-56-60-64-68-72-83-77(82)71-67-63-59-55-51-47-43-39-22-20-18-16-14-12-10-8-6-4-2/h14,16,20,22,65,69,74-75,79-80H,3-13,15,17-19,21,23-64,66-68,70-73H2,1-2H3,(H,78,81)/b16-14-,22-20-,69-65+. The second-order valence-electron chi connectivity index (χ2n) is 26.0. The molecule has 0 aliphatic heterocycles. The van der Waals surface area contributed by atoms with E-state index >= 15 is 0 Å². The number of aliphatic hydroxyl groups excluding tert-OH is 2. The molecule has 0 saturated carbocycles. The van der Waals surface area contributed by atoms with Crippen molar-refractivity contribution >= 4 is 11.9 Å². The van der Waals surface area contributed by atoms with E-state index in [-0.39, 0.29) is 18.5 Å². The number of hydrogen-bond acceptors (Lipinski definition) is 5. The van der Waals surface area contributed by atoms with Crippen LogP contribution in [0.3, 0.4) is 0 Å². The van der Waals surface area contributed by atoms with Gasteiger partial charge in [-0.05, 0) is 64.2 Å². The fraction of sp³-hybridized carbons (Fsp3) is 0.896. The summed E-state index contributed by atoms with van der Waals surface area (Å²) >= 11 is 0. The van der Waals surface area contributed by atoms with Crippen LogP contribution in [0.1, 0.15) is 418 Å². The highest BCUT2D eigenvalue weighted by atomic mass is 16.5. The van der Waals surface area contributed by atoms with E-state index in [1.807, 2.05) is 6.08 Å². The van der Waals surface area contributed by atoms with Crippen LogP contribution in [0, 0.1) is 0 Å². The van der Waals surface area contributed by atoms with Gasteiger partial charge in [0, 0.05) is 12.8 Å². The molecule has 0 aromatic heterocycles. The maximum absolute atomic E-state index is 12.6. The summed E-state index contributed by atoms with van der Waals surface area (Å²) < 4.78 is 5.50. The molecule has 0 fully saturated rings. The number of amides is 1. The van der Waals surface area contributed by atoms with Crippen molar-refractivity contribution in [1.82, 2.24) is 5.32 Å². The van der Waals surface area contributed by atoms with Crippen molar-refractivity contribution in [3.05, 3.63) is 36.5 Å². The molecule has 0 rings (SSSR count). The van der Waals surface area contributed by atoms with Gasteiger partial charge in [0.15, 0.2) is 0 Å². The molecular formula is C77H147NO5. The molecule has 2 unspecified atom stereocenters. The molecule has 1 amide bonds. The normalized spacial score (nSPS) is 12.7. The van der Waals surface area contributed by atoms with Crippen LogP contribution >= 0.6 is 0 Å². The minimum absolute atomic E-state index is 0.00743. The summed E-state index contributed by atoms with van der Waals surface area (Å²) in [7, 11) is 0. The number of carbonyl (C=O) groups excluding carboxylic acids is 2. The summed E-state index contributed by atoms with van der Waals surface area (Å²) in [5.41, 5.74) is 0. The van der Waals surface area contributed by atoms with E-state index < -0.39 is 12.1 Å². The van der Waals surface area contributed by atoms with Gasteiger partial charge in [0.2, 0.25) is 5.91 Å². The van der Waals surface area contributed by atoms with Gasteiger partial charge in [-0.3, -0.25) is 9.59 Å². The first-order chi connectivity index (χ1) is 41.0. The molecule has 0 heterocycles. The van der Waals surface area contributed by atoms with Crippen LogP contribution in [0.5, 0.6) is 0 Å². The smallest absolute Gasteiger partial charge is 0.305 e. The topological polar surface area (TPSA) is 95.9 Å². The molecule has 6 nitrogen and oxygen atoms in total. The first kappa shape index (κ1) is 81.1. The summed E-state index contributed by atoms with van der Waals surface area (Å²) in [5.74, 6) is -0.0555. The van der Waals surface area contributed by atoms with Crippen LogP contribution in [0.2, 0.25) is 0 Å². The molecule has 83 heavy (non-hydrogen) atoms. The molecule has 0 aromatic rings. The predicted octanol–water partition coefficient (Wildman–Crippen LogP) is 24.7. The SMILES string of the molecule is CCCCCC/C=C\C/C=C\CCCCCCCCCC(=O)OCCCCCCCCCCCCCCCCCCCCCCCCCC(=O)NC(CO)C(O)/C=C/CCCCCCCCCCCCCCCCCCCCCCCCC.